The third-order valence-corrected chi connectivity index (χ3v) is 3.82. The highest BCUT2D eigenvalue weighted by Crippen LogP contribution is 2.30. The fourth-order valence-corrected chi connectivity index (χ4v) is 2.19. The first-order valence-corrected chi connectivity index (χ1v) is 6.41. The average Bonchev–Trinajstić information content (AvgIpc) is 2.20. The minimum atomic E-state index is 0.353. The summed E-state index contributed by atoms with van der Waals surface area (Å²) in [5.41, 5.74) is 1.16. The van der Waals surface area contributed by atoms with E-state index in [2.05, 4.69) is 26.2 Å². The van der Waals surface area contributed by atoms with E-state index in [9.17, 15) is 0 Å². The third-order valence-electron chi connectivity index (χ3n) is 2.99. The SMILES string of the molecule is CNCC1CC(Oc2cc(C)c(Br)cn2)C1. The summed E-state index contributed by atoms with van der Waals surface area (Å²) in [4.78, 5) is 4.25. The van der Waals surface area contributed by atoms with E-state index < -0.39 is 0 Å². The molecular weight excluding hydrogens is 268 g/mol. The summed E-state index contributed by atoms with van der Waals surface area (Å²) < 4.78 is 6.83. The van der Waals surface area contributed by atoms with E-state index in [0.29, 0.717) is 6.10 Å². The molecule has 0 unspecified atom stereocenters. The Kier molecular flexibility index (Phi) is 3.82. The fraction of sp³-hybridized carbons (Fsp3) is 0.583. The minimum Gasteiger partial charge on any atom is -0.474 e. The van der Waals surface area contributed by atoms with Gasteiger partial charge in [-0.2, -0.15) is 0 Å². The van der Waals surface area contributed by atoms with Crippen molar-refractivity contribution in [2.24, 2.45) is 5.92 Å². The van der Waals surface area contributed by atoms with E-state index in [0.717, 1.165) is 41.2 Å². The van der Waals surface area contributed by atoms with Gasteiger partial charge in [0.05, 0.1) is 0 Å². The van der Waals surface area contributed by atoms with E-state index >= 15 is 0 Å². The zero-order chi connectivity index (χ0) is 11.5. The highest BCUT2D eigenvalue weighted by molar-refractivity contribution is 9.10. The van der Waals surface area contributed by atoms with Crippen molar-refractivity contribution in [3.05, 3.63) is 22.3 Å². The number of ether oxygens (including phenoxy) is 1. The Morgan fingerprint density at radius 3 is 2.94 bits per heavy atom. The van der Waals surface area contributed by atoms with Crippen LogP contribution in [-0.4, -0.2) is 24.7 Å². The van der Waals surface area contributed by atoms with E-state index in [1.807, 2.05) is 20.0 Å². The maximum atomic E-state index is 5.80. The molecule has 0 spiro atoms. The maximum absolute atomic E-state index is 5.80. The summed E-state index contributed by atoms with van der Waals surface area (Å²) in [5, 5.41) is 3.19. The Morgan fingerprint density at radius 1 is 1.56 bits per heavy atom. The highest BCUT2D eigenvalue weighted by Gasteiger charge is 2.30. The van der Waals surface area contributed by atoms with Crippen LogP contribution in [0, 0.1) is 12.8 Å². The smallest absolute Gasteiger partial charge is 0.213 e. The predicted molar refractivity (Wildman–Crippen MR) is 67.7 cm³/mol. The number of nitrogens with zero attached hydrogens (tertiary/aromatic N) is 1. The lowest BCUT2D eigenvalue weighted by atomic mass is 9.82. The third kappa shape index (κ3) is 2.74. The van der Waals surface area contributed by atoms with Crippen LogP contribution in [0.1, 0.15) is 18.4 Å². The first-order valence-electron chi connectivity index (χ1n) is 5.62. The van der Waals surface area contributed by atoms with E-state index in [1.165, 1.54) is 0 Å². The lowest BCUT2D eigenvalue weighted by molar-refractivity contribution is 0.0616. The summed E-state index contributed by atoms with van der Waals surface area (Å²) in [7, 11) is 1.99. The molecule has 0 saturated heterocycles. The molecule has 88 valence electrons. The van der Waals surface area contributed by atoms with Gasteiger partial charge in [0.15, 0.2) is 0 Å². The topological polar surface area (TPSA) is 34.1 Å². The van der Waals surface area contributed by atoms with Gasteiger partial charge in [-0.1, -0.05) is 0 Å². The number of aromatic nitrogens is 1. The van der Waals surface area contributed by atoms with Crippen LogP contribution in [0.15, 0.2) is 16.7 Å². The zero-order valence-electron chi connectivity index (χ0n) is 9.66. The van der Waals surface area contributed by atoms with Crippen molar-refractivity contribution in [2.45, 2.75) is 25.9 Å². The Hall–Kier alpha value is -0.610. The second-order valence-electron chi connectivity index (χ2n) is 4.41. The van der Waals surface area contributed by atoms with Gasteiger partial charge in [0.2, 0.25) is 5.88 Å². The molecule has 1 fully saturated rings. The van der Waals surface area contributed by atoms with Gasteiger partial charge in [0, 0.05) is 16.7 Å². The fourth-order valence-electron chi connectivity index (χ4n) is 1.97. The van der Waals surface area contributed by atoms with Crippen molar-refractivity contribution < 1.29 is 4.74 Å². The number of nitrogens with one attached hydrogen (secondary N) is 1. The van der Waals surface area contributed by atoms with Crippen LogP contribution in [0.25, 0.3) is 0 Å². The Labute approximate surface area is 105 Å². The summed E-state index contributed by atoms with van der Waals surface area (Å²) in [5.74, 6) is 1.51. The molecule has 4 heteroatoms. The molecule has 0 aliphatic heterocycles. The molecule has 0 radical (unpaired) electrons. The van der Waals surface area contributed by atoms with Crippen molar-refractivity contribution in [1.29, 1.82) is 0 Å². The monoisotopic (exact) mass is 284 g/mol. The minimum absolute atomic E-state index is 0.353. The van der Waals surface area contributed by atoms with Crippen LogP contribution in [0.5, 0.6) is 5.88 Å². The highest BCUT2D eigenvalue weighted by atomic mass is 79.9. The van der Waals surface area contributed by atoms with Gasteiger partial charge in [0.1, 0.15) is 6.10 Å². The predicted octanol–water partition coefficient (Wildman–Crippen LogP) is 2.53. The van der Waals surface area contributed by atoms with Gasteiger partial charge in [-0.25, -0.2) is 4.98 Å². The lowest BCUT2D eigenvalue weighted by Gasteiger charge is -2.34. The molecule has 0 aromatic carbocycles. The van der Waals surface area contributed by atoms with Crippen molar-refractivity contribution in [2.75, 3.05) is 13.6 Å². The van der Waals surface area contributed by atoms with E-state index in [-0.39, 0.29) is 0 Å². The van der Waals surface area contributed by atoms with E-state index in [4.69, 9.17) is 4.74 Å². The molecule has 1 saturated carbocycles. The number of pyridine rings is 1. The van der Waals surface area contributed by atoms with Crippen LogP contribution >= 0.6 is 15.9 Å². The summed E-state index contributed by atoms with van der Waals surface area (Å²) in [6.07, 6.45) is 4.43. The van der Waals surface area contributed by atoms with Gasteiger partial charge in [-0.3, -0.25) is 0 Å². The van der Waals surface area contributed by atoms with Crippen LogP contribution in [0.3, 0.4) is 0 Å². The van der Waals surface area contributed by atoms with Crippen LogP contribution in [0.2, 0.25) is 0 Å². The number of hydrogen-bond donors (Lipinski definition) is 1. The quantitative estimate of drug-likeness (QED) is 0.923. The molecule has 1 aliphatic carbocycles. The number of rotatable bonds is 4. The van der Waals surface area contributed by atoms with Crippen molar-refractivity contribution >= 4 is 15.9 Å². The summed E-state index contributed by atoms with van der Waals surface area (Å²) >= 11 is 3.43. The van der Waals surface area contributed by atoms with Crippen LogP contribution in [0.4, 0.5) is 0 Å². The molecule has 0 atom stereocenters. The van der Waals surface area contributed by atoms with Gasteiger partial charge >= 0.3 is 0 Å². The molecule has 1 aromatic rings. The molecule has 1 aromatic heterocycles. The summed E-state index contributed by atoms with van der Waals surface area (Å²) in [6, 6.07) is 1.98. The van der Waals surface area contributed by atoms with Gasteiger partial charge < -0.3 is 10.1 Å². The largest absolute Gasteiger partial charge is 0.474 e. The van der Waals surface area contributed by atoms with Crippen molar-refractivity contribution in [3.63, 3.8) is 0 Å². The molecule has 0 amide bonds. The number of aryl methyl sites for hydroxylation is 1. The molecule has 3 nitrogen and oxygen atoms in total. The van der Waals surface area contributed by atoms with Gasteiger partial charge in [0.25, 0.3) is 0 Å². The molecule has 2 rings (SSSR count). The lowest BCUT2D eigenvalue weighted by Crippen LogP contribution is -2.38. The van der Waals surface area contributed by atoms with Crippen molar-refractivity contribution in [1.82, 2.24) is 10.3 Å². The zero-order valence-corrected chi connectivity index (χ0v) is 11.3. The Morgan fingerprint density at radius 2 is 2.31 bits per heavy atom. The second kappa shape index (κ2) is 5.15. The molecule has 0 bridgehead atoms. The Bertz CT molecular complexity index is 364. The molecule has 1 aliphatic rings. The summed E-state index contributed by atoms with van der Waals surface area (Å²) in [6.45, 7) is 3.13. The first-order chi connectivity index (χ1) is 7.69. The second-order valence-corrected chi connectivity index (χ2v) is 5.26. The normalized spacial score (nSPS) is 23.9. The number of hydrogen-bond acceptors (Lipinski definition) is 3. The Balaban J connectivity index is 1.84. The maximum Gasteiger partial charge on any atom is 0.213 e. The van der Waals surface area contributed by atoms with Gasteiger partial charge in [-0.15, -0.1) is 0 Å². The first kappa shape index (κ1) is 11.9. The number of halogens is 1. The average molecular weight is 285 g/mol. The standard InChI is InChI=1S/C12H17BrN2O/c1-8-3-12(15-7-11(8)13)16-10-4-9(5-10)6-14-2/h3,7,9-10,14H,4-6H2,1-2H3. The van der Waals surface area contributed by atoms with Crippen LogP contribution < -0.4 is 10.1 Å². The van der Waals surface area contributed by atoms with Crippen molar-refractivity contribution in [3.8, 4) is 5.88 Å². The molecule has 1 heterocycles. The molecule has 16 heavy (non-hydrogen) atoms. The van der Waals surface area contributed by atoms with Crippen LogP contribution in [-0.2, 0) is 0 Å². The molecule has 1 N–H and O–H groups in total. The van der Waals surface area contributed by atoms with Gasteiger partial charge in [-0.05, 0) is 60.8 Å². The van der Waals surface area contributed by atoms with E-state index in [1.54, 1.807) is 6.20 Å². The molecular formula is C12H17BrN2O.